The molecule has 2 rings (SSSR count). The van der Waals surface area contributed by atoms with Gasteiger partial charge in [0.25, 0.3) is 5.91 Å². The number of pyridine rings is 1. The summed E-state index contributed by atoms with van der Waals surface area (Å²) in [6.45, 7) is 2.02. The van der Waals surface area contributed by atoms with Gasteiger partial charge in [0, 0.05) is 5.54 Å². The van der Waals surface area contributed by atoms with Crippen LogP contribution in [0.25, 0.3) is 0 Å². The second kappa shape index (κ2) is 4.50. The second-order valence-corrected chi connectivity index (χ2v) is 4.95. The maximum Gasteiger partial charge on any atom is 0.271 e. The average molecular weight is 255 g/mol. The first kappa shape index (κ1) is 12.1. The number of anilines is 1. The summed E-state index contributed by atoms with van der Waals surface area (Å²) in [6.07, 6.45) is 3.12. The number of nitrogens with two attached hydrogens (primary N) is 1. The Kier molecular flexibility index (Phi) is 3.22. The maximum atomic E-state index is 12.0. The predicted octanol–water partition coefficient (Wildman–Crippen LogP) is 1.69. The molecule has 0 radical (unpaired) electrons. The Morgan fingerprint density at radius 3 is 2.76 bits per heavy atom. The van der Waals surface area contributed by atoms with Gasteiger partial charge in [-0.15, -0.1) is 0 Å². The van der Waals surface area contributed by atoms with Crippen molar-refractivity contribution in [3.05, 3.63) is 22.8 Å². The summed E-state index contributed by atoms with van der Waals surface area (Å²) in [7, 11) is 0. The maximum absolute atomic E-state index is 12.0. The average Bonchev–Trinajstić information content (AvgIpc) is 2.27. The van der Waals surface area contributed by atoms with Gasteiger partial charge in [0.15, 0.2) is 0 Å². The SMILES string of the molecule is CC1(NC(=O)c2nc(NN)ccc2Cl)CCC1. The number of nitrogens with zero attached hydrogens (tertiary/aromatic N) is 1. The van der Waals surface area contributed by atoms with E-state index in [9.17, 15) is 4.79 Å². The van der Waals surface area contributed by atoms with Gasteiger partial charge in [-0.05, 0) is 38.3 Å². The van der Waals surface area contributed by atoms with E-state index in [2.05, 4.69) is 15.7 Å². The number of halogens is 1. The van der Waals surface area contributed by atoms with E-state index < -0.39 is 0 Å². The van der Waals surface area contributed by atoms with Crippen LogP contribution in [0, 0.1) is 0 Å². The van der Waals surface area contributed by atoms with Crippen LogP contribution < -0.4 is 16.6 Å². The third kappa shape index (κ3) is 2.50. The molecule has 1 aliphatic rings. The predicted molar refractivity (Wildman–Crippen MR) is 66.8 cm³/mol. The van der Waals surface area contributed by atoms with E-state index in [0.717, 1.165) is 19.3 Å². The minimum Gasteiger partial charge on any atom is -0.345 e. The molecule has 17 heavy (non-hydrogen) atoms. The number of carbonyl (C=O) groups excluding carboxylic acids is 1. The van der Waals surface area contributed by atoms with Crippen LogP contribution in [0.1, 0.15) is 36.7 Å². The lowest BCUT2D eigenvalue weighted by molar-refractivity contribution is 0.0845. The quantitative estimate of drug-likeness (QED) is 0.567. The molecule has 4 N–H and O–H groups in total. The van der Waals surface area contributed by atoms with Crippen molar-refractivity contribution < 1.29 is 4.79 Å². The number of carbonyl (C=O) groups is 1. The number of nitrogens with one attached hydrogen (secondary N) is 2. The molecule has 0 saturated heterocycles. The molecule has 0 bridgehead atoms. The Morgan fingerprint density at radius 2 is 2.24 bits per heavy atom. The number of hydrazine groups is 1. The van der Waals surface area contributed by atoms with Gasteiger partial charge < -0.3 is 10.7 Å². The third-order valence-electron chi connectivity index (χ3n) is 3.08. The molecule has 0 atom stereocenters. The molecule has 1 aromatic heterocycles. The zero-order chi connectivity index (χ0) is 12.5. The Labute approximate surface area is 105 Å². The first-order valence-electron chi connectivity index (χ1n) is 5.50. The molecule has 1 heterocycles. The molecule has 0 aromatic carbocycles. The van der Waals surface area contributed by atoms with Gasteiger partial charge in [-0.2, -0.15) is 0 Å². The van der Waals surface area contributed by atoms with Crippen molar-refractivity contribution in [2.45, 2.75) is 31.7 Å². The lowest BCUT2D eigenvalue weighted by Crippen LogP contribution is -2.51. The Morgan fingerprint density at radius 1 is 1.53 bits per heavy atom. The molecule has 92 valence electrons. The van der Waals surface area contributed by atoms with Gasteiger partial charge in [0.05, 0.1) is 5.02 Å². The second-order valence-electron chi connectivity index (χ2n) is 4.54. The van der Waals surface area contributed by atoms with E-state index in [4.69, 9.17) is 17.4 Å². The molecule has 0 spiro atoms. The Balaban J connectivity index is 2.18. The summed E-state index contributed by atoms with van der Waals surface area (Å²) in [5, 5.41) is 3.27. The summed E-state index contributed by atoms with van der Waals surface area (Å²) in [4.78, 5) is 16.1. The van der Waals surface area contributed by atoms with Crippen LogP contribution in [-0.2, 0) is 0 Å². The Hall–Kier alpha value is -1.33. The summed E-state index contributed by atoms with van der Waals surface area (Å²) < 4.78 is 0. The standard InChI is InChI=1S/C11H15ClN4O/c1-11(5-2-6-11)15-10(17)9-7(12)3-4-8(14-9)16-13/h3-4H,2,5-6,13H2,1H3,(H,14,16)(H,15,17). The molecule has 6 heteroatoms. The summed E-state index contributed by atoms with van der Waals surface area (Å²) in [5.41, 5.74) is 2.48. The molecule has 5 nitrogen and oxygen atoms in total. The monoisotopic (exact) mass is 254 g/mol. The zero-order valence-electron chi connectivity index (χ0n) is 9.59. The van der Waals surface area contributed by atoms with E-state index in [1.54, 1.807) is 12.1 Å². The van der Waals surface area contributed by atoms with Crippen LogP contribution in [0.2, 0.25) is 5.02 Å². The molecule has 1 fully saturated rings. The lowest BCUT2D eigenvalue weighted by Gasteiger charge is -2.39. The third-order valence-corrected chi connectivity index (χ3v) is 3.39. The van der Waals surface area contributed by atoms with E-state index in [1.807, 2.05) is 6.92 Å². The van der Waals surface area contributed by atoms with Crippen LogP contribution in [0.4, 0.5) is 5.82 Å². The molecule has 1 aromatic rings. The molecule has 1 saturated carbocycles. The van der Waals surface area contributed by atoms with Crippen LogP contribution in [0.3, 0.4) is 0 Å². The summed E-state index contributed by atoms with van der Waals surface area (Å²) in [5.74, 6) is 5.41. The number of aromatic nitrogens is 1. The topological polar surface area (TPSA) is 80.0 Å². The van der Waals surface area contributed by atoms with Crippen molar-refractivity contribution in [2.75, 3.05) is 5.43 Å². The van der Waals surface area contributed by atoms with E-state index in [-0.39, 0.29) is 17.1 Å². The Bertz CT molecular complexity index is 445. The van der Waals surface area contributed by atoms with E-state index >= 15 is 0 Å². The summed E-state index contributed by atoms with van der Waals surface area (Å²) in [6, 6.07) is 3.21. The molecule has 0 aliphatic heterocycles. The van der Waals surface area contributed by atoms with Crippen LogP contribution >= 0.6 is 11.6 Å². The number of rotatable bonds is 3. The largest absolute Gasteiger partial charge is 0.345 e. The van der Waals surface area contributed by atoms with Crippen molar-refractivity contribution in [3.8, 4) is 0 Å². The molecule has 0 unspecified atom stereocenters. The van der Waals surface area contributed by atoms with Gasteiger partial charge in [-0.25, -0.2) is 10.8 Å². The van der Waals surface area contributed by atoms with Crippen molar-refractivity contribution in [3.63, 3.8) is 0 Å². The first-order chi connectivity index (χ1) is 8.04. The van der Waals surface area contributed by atoms with E-state index in [1.165, 1.54) is 0 Å². The fourth-order valence-electron chi connectivity index (χ4n) is 1.85. The molecular formula is C11H15ClN4O. The minimum atomic E-state index is -0.255. The fraction of sp³-hybridized carbons (Fsp3) is 0.455. The lowest BCUT2D eigenvalue weighted by atomic mass is 9.78. The number of hydrogen-bond acceptors (Lipinski definition) is 4. The normalized spacial score (nSPS) is 17.1. The smallest absolute Gasteiger partial charge is 0.271 e. The van der Waals surface area contributed by atoms with Gasteiger partial charge >= 0.3 is 0 Å². The number of amides is 1. The van der Waals surface area contributed by atoms with Crippen LogP contribution in [0.5, 0.6) is 0 Å². The highest BCUT2D eigenvalue weighted by Gasteiger charge is 2.34. The van der Waals surface area contributed by atoms with Crippen molar-refractivity contribution in [1.82, 2.24) is 10.3 Å². The van der Waals surface area contributed by atoms with Crippen LogP contribution in [0.15, 0.2) is 12.1 Å². The molecule has 1 amide bonds. The zero-order valence-corrected chi connectivity index (χ0v) is 10.3. The first-order valence-corrected chi connectivity index (χ1v) is 5.87. The van der Waals surface area contributed by atoms with Crippen molar-refractivity contribution in [2.24, 2.45) is 5.84 Å². The summed E-state index contributed by atoms with van der Waals surface area (Å²) >= 11 is 5.95. The van der Waals surface area contributed by atoms with Crippen molar-refractivity contribution in [1.29, 1.82) is 0 Å². The van der Waals surface area contributed by atoms with Crippen molar-refractivity contribution >= 4 is 23.3 Å². The van der Waals surface area contributed by atoms with Gasteiger partial charge in [0.2, 0.25) is 0 Å². The van der Waals surface area contributed by atoms with Crippen LogP contribution in [-0.4, -0.2) is 16.4 Å². The fourth-order valence-corrected chi connectivity index (χ4v) is 2.04. The highest BCUT2D eigenvalue weighted by molar-refractivity contribution is 6.33. The van der Waals surface area contributed by atoms with E-state index in [0.29, 0.717) is 10.8 Å². The van der Waals surface area contributed by atoms with Gasteiger partial charge in [-0.1, -0.05) is 11.6 Å². The highest BCUT2D eigenvalue weighted by Crippen LogP contribution is 2.31. The van der Waals surface area contributed by atoms with Gasteiger partial charge in [-0.3, -0.25) is 4.79 Å². The van der Waals surface area contributed by atoms with Gasteiger partial charge in [0.1, 0.15) is 11.5 Å². The molecule has 1 aliphatic carbocycles. The minimum absolute atomic E-state index is 0.117. The number of nitrogen functional groups attached to an aromatic ring is 1. The number of hydrogen-bond donors (Lipinski definition) is 3. The molecular weight excluding hydrogens is 240 g/mol. The highest BCUT2D eigenvalue weighted by atomic mass is 35.5.